The van der Waals surface area contributed by atoms with E-state index in [4.69, 9.17) is 4.74 Å². The maximum Gasteiger partial charge on any atom is 0.322 e. The fourth-order valence-corrected chi connectivity index (χ4v) is 3.13. The van der Waals surface area contributed by atoms with Crippen LogP contribution in [0.1, 0.15) is 18.4 Å². The Morgan fingerprint density at radius 1 is 1.21 bits per heavy atom. The monoisotopic (exact) mass is 381 g/mol. The number of nitrogens with one attached hydrogen (secondary N) is 2. The van der Waals surface area contributed by atoms with Crippen LogP contribution in [0.4, 0.5) is 14.9 Å². The summed E-state index contributed by atoms with van der Waals surface area (Å²) in [6.45, 7) is 0.203. The van der Waals surface area contributed by atoms with Gasteiger partial charge in [-0.15, -0.1) is 0 Å². The van der Waals surface area contributed by atoms with E-state index in [1.807, 2.05) is 12.1 Å². The largest absolute Gasteiger partial charge is 0.497 e. The highest BCUT2D eigenvalue weighted by Gasteiger charge is 2.33. The van der Waals surface area contributed by atoms with E-state index in [9.17, 15) is 14.0 Å². The minimum Gasteiger partial charge on any atom is -0.497 e. The highest BCUT2D eigenvalue weighted by Crippen LogP contribution is 2.29. The Balaban J connectivity index is 1.57. The zero-order valence-corrected chi connectivity index (χ0v) is 15.4. The topological polar surface area (TPSA) is 74.4 Å². The van der Waals surface area contributed by atoms with Crippen molar-refractivity contribution in [2.45, 2.75) is 25.4 Å². The molecule has 0 saturated heterocycles. The molecule has 2 amide bonds. The third-order valence-corrected chi connectivity index (χ3v) is 4.81. The highest BCUT2D eigenvalue weighted by atomic mass is 19.1. The zero-order valence-electron chi connectivity index (χ0n) is 15.4. The van der Waals surface area contributed by atoms with Crippen LogP contribution in [0.2, 0.25) is 0 Å². The maximum atomic E-state index is 13.1. The van der Waals surface area contributed by atoms with Crippen molar-refractivity contribution < 1.29 is 13.9 Å². The molecule has 28 heavy (non-hydrogen) atoms. The molecule has 4 rings (SSSR count). The smallest absolute Gasteiger partial charge is 0.322 e. The van der Waals surface area contributed by atoms with Crippen LogP contribution in [0.5, 0.6) is 5.75 Å². The van der Waals surface area contributed by atoms with E-state index >= 15 is 0 Å². The summed E-state index contributed by atoms with van der Waals surface area (Å²) in [4.78, 5) is 29.8. The first-order valence-electron chi connectivity index (χ1n) is 9.06. The van der Waals surface area contributed by atoms with Crippen LogP contribution >= 0.6 is 0 Å². The number of amides is 2. The molecule has 3 aromatic rings. The van der Waals surface area contributed by atoms with Crippen molar-refractivity contribution in [2.75, 3.05) is 12.4 Å². The maximum absolute atomic E-state index is 13.1. The van der Waals surface area contributed by atoms with Crippen LogP contribution in [0.25, 0.3) is 10.9 Å². The highest BCUT2D eigenvalue weighted by molar-refractivity contribution is 5.89. The van der Waals surface area contributed by atoms with Crippen LogP contribution in [-0.2, 0) is 6.54 Å². The number of hydrogen-bond donors (Lipinski definition) is 2. The van der Waals surface area contributed by atoms with Crippen LogP contribution in [-0.4, -0.2) is 29.1 Å². The van der Waals surface area contributed by atoms with Crippen molar-refractivity contribution in [2.24, 2.45) is 0 Å². The Morgan fingerprint density at radius 3 is 2.64 bits per heavy atom. The molecule has 1 saturated carbocycles. The zero-order chi connectivity index (χ0) is 19.7. The average Bonchev–Trinajstić information content (AvgIpc) is 3.52. The number of rotatable bonds is 5. The summed E-state index contributed by atoms with van der Waals surface area (Å²) >= 11 is 0. The Bertz CT molecular complexity index is 1070. The molecule has 7 heteroatoms. The number of aromatic nitrogens is 1. The van der Waals surface area contributed by atoms with E-state index in [2.05, 4.69) is 10.3 Å². The van der Waals surface area contributed by atoms with Gasteiger partial charge in [-0.05, 0) is 60.7 Å². The van der Waals surface area contributed by atoms with E-state index in [0.717, 1.165) is 18.2 Å². The van der Waals surface area contributed by atoms with Gasteiger partial charge in [0.05, 0.1) is 19.2 Å². The van der Waals surface area contributed by atoms with E-state index in [0.29, 0.717) is 22.5 Å². The summed E-state index contributed by atoms with van der Waals surface area (Å²) in [5, 5.41) is 3.64. The second kappa shape index (κ2) is 7.34. The lowest BCUT2D eigenvalue weighted by Crippen LogP contribution is -2.37. The lowest BCUT2D eigenvalue weighted by atomic mass is 10.1. The normalized spacial score (nSPS) is 13.4. The molecule has 0 unspecified atom stereocenters. The van der Waals surface area contributed by atoms with E-state index in [1.165, 1.54) is 24.3 Å². The van der Waals surface area contributed by atoms with Gasteiger partial charge in [0.2, 0.25) is 0 Å². The molecule has 0 spiro atoms. The number of carbonyl (C=O) groups is 1. The second-order valence-electron chi connectivity index (χ2n) is 6.87. The molecule has 1 aromatic heterocycles. The fourth-order valence-electron chi connectivity index (χ4n) is 3.13. The van der Waals surface area contributed by atoms with Gasteiger partial charge in [0.15, 0.2) is 0 Å². The fraction of sp³-hybridized carbons (Fsp3) is 0.238. The molecule has 6 nitrogen and oxygen atoms in total. The number of anilines is 1. The minimum absolute atomic E-state index is 0.103. The average molecular weight is 381 g/mol. The molecule has 144 valence electrons. The molecule has 1 fully saturated rings. The van der Waals surface area contributed by atoms with Crippen LogP contribution in [0.3, 0.4) is 0 Å². The molecule has 1 heterocycles. The number of carbonyl (C=O) groups excluding carboxylic acids is 1. The molecule has 0 bridgehead atoms. The van der Waals surface area contributed by atoms with Crippen molar-refractivity contribution in [3.63, 3.8) is 0 Å². The molecule has 1 aliphatic rings. The van der Waals surface area contributed by atoms with Crippen molar-refractivity contribution in [3.8, 4) is 5.75 Å². The van der Waals surface area contributed by atoms with Crippen LogP contribution in [0, 0.1) is 5.82 Å². The Kier molecular flexibility index (Phi) is 4.73. The van der Waals surface area contributed by atoms with E-state index in [1.54, 1.807) is 24.1 Å². The number of ether oxygens (including phenoxy) is 1. The van der Waals surface area contributed by atoms with Gasteiger partial charge in [0.1, 0.15) is 11.6 Å². The molecular formula is C21H20FN3O3. The minimum atomic E-state index is -0.364. The first-order valence-corrected chi connectivity index (χ1v) is 9.06. The number of benzene rings is 2. The Labute approximate surface area is 160 Å². The number of methoxy groups -OCH3 is 1. The molecular weight excluding hydrogens is 361 g/mol. The first kappa shape index (κ1) is 18.0. The van der Waals surface area contributed by atoms with Gasteiger partial charge in [-0.25, -0.2) is 9.18 Å². The molecule has 1 aliphatic carbocycles. The summed E-state index contributed by atoms with van der Waals surface area (Å²) in [7, 11) is 1.57. The summed E-state index contributed by atoms with van der Waals surface area (Å²) in [5.74, 6) is 0.297. The summed E-state index contributed by atoms with van der Waals surface area (Å²) in [5.41, 5.74) is 1.47. The van der Waals surface area contributed by atoms with Crippen molar-refractivity contribution in [3.05, 3.63) is 70.3 Å². The molecule has 2 aromatic carbocycles. The molecule has 2 N–H and O–H groups in total. The summed E-state index contributed by atoms with van der Waals surface area (Å²) in [6.07, 6.45) is 1.80. The van der Waals surface area contributed by atoms with Crippen molar-refractivity contribution >= 4 is 22.6 Å². The molecule has 0 atom stereocenters. The number of nitrogens with zero attached hydrogens (tertiary/aromatic N) is 1. The van der Waals surface area contributed by atoms with E-state index < -0.39 is 0 Å². The van der Waals surface area contributed by atoms with Gasteiger partial charge in [-0.1, -0.05) is 0 Å². The molecule has 0 aliphatic heterocycles. The third kappa shape index (κ3) is 3.83. The van der Waals surface area contributed by atoms with Crippen LogP contribution in [0.15, 0.2) is 53.3 Å². The predicted octanol–water partition coefficient (Wildman–Crippen LogP) is 3.87. The van der Waals surface area contributed by atoms with Gasteiger partial charge in [0, 0.05) is 23.4 Å². The summed E-state index contributed by atoms with van der Waals surface area (Å²) < 4.78 is 18.2. The number of urea groups is 1. The predicted molar refractivity (Wildman–Crippen MR) is 105 cm³/mol. The number of hydrogen-bond acceptors (Lipinski definition) is 3. The number of halogens is 1. The number of fused-ring (bicyclic) bond motifs is 1. The standard InChI is InChI=1S/C21H20FN3O3/c1-28-18-9-2-13-10-14(20(26)24-19(13)11-18)12-25(17-7-8-17)21(27)23-16-5-3-15(22)4-6-16/h2-6,9-11,17H,7-8,12H2,1H3,(H,23,27)(H,24,26). The van der Waals surface area contributed by atoms with Crippen molar-refractivity contribution in [1.82, 2.24) is 9.88 Å². The third-order valence-electron chi connectivity index (χ3n) is 4.81. The van der Waals surface area contributed by atoms with E-state index in [-0.39, 0.29) is 30.0 Å². The number of aromatic amines is 1. The van der Waals surface area contributed by atoms with Crippen molar-refractivity contribution in [1.29, 1.82) is 0 Å². The van der Waals surface area contributed by atoms with Gasteiger partial charge in [0.25, 0.3) is 5.56 Å². The number of H-pyrrole nitrogens is 1. The lowest BCUT2D eigenvalue weighted by Gasteiger charge is -2.23. The van der Waals surface area contributed by atoms with Gasteiger partial charge >= 0.3 is 6.03 Å². The number of pyridine rings is 1. The molecule has 0 radical (unpaired) electrons. The quantitative estimate of drug-likeness (QED) is 0.705. The lowest BCUT2D eigenvalue weighted by molar-refractivity contribution is 0.206. The summed E-state index contributed by atoms with van der Waals surface area (Å²) in [6, 6.07) is 12.7. The second-order valence-corrected chi connectivity index (χ2v) is 6.87. The SMILES string of the molecule is COc1ccc2cc(CN(C(=O)Nc3ccc(F)cc3)C3CC3)c(=O)[nH]c2c1. The first-order chi connectivity index (χ1) is 13.5. The van der Waals surface area contributed by atoms with Gasteiger partial charge in [-0.2, -0.15) is 0 Å². The Morgan fingerprint density at radius 2 is 1.96 bits per heavy atom. The Hall–Kier alpha value is -3.35. The van der Waals surface area contributed by atoms with Gasteiger partial charge < -0.3 is 19.9 Å². The van der Waals surface area contributed by atoms with Gasteiger partial charge in [-0.3, -0.25) is 4.79 Å². The van der Waals surface area contributed by atoms with Crippen LogP contribution < -0.4 is 15.6 Å².